The largest absolute Gasteiger partial charge is 0.331 e. The van der Waals surface area contributed by atoms with Gasteiger partial charge in [0.25, 0.3) is 0 Å². The highest BCUT2D eigenvalue weighted by Gasteiger charge is 2.10. The molecule has 5 heteroatoms. The van der Waals surface area contributed by atoms with Gasteiger partial charge in [0.15, 0.2) is 4.77 Å². The summed E-state index contributed by atoms with van der Waals surface area (Å²) in [4.78, 5) is 3.19. The molecule has 0 fully saturated rings. The third-order valence-corrected chi connectivity index (χ3v) is 3.88. The van der Waals surface area contributed by atoms with Crippen LogP contribution in [0.25, 0.3) is 11.0 Å². The number of halogens is 1. The van der Waals surface area contributed by atoms with Crippen LogP contribution < -0.4 is 0 Å². The van der Waals surface area contributed by atoms with Crippen LogP contribution in [-0.4, -0.2) is 21.6 Å². The molecule has 1 atom stereocenters. The minimum atomic E-state index is 0.387. The maximum atomic E-state index is 5.95. The van der Waals surface area contributed by atoms with Gasteiger partial charge in [0, 0.05) is 16.8 Å². The van der Waals surface area contributed by atoms with E-state index in [9.17, 15) is 0 Å². The Morgan fingerprint density at radius 3 is 3.00 bits per heavy atom. The van der Waals surface area contributed by atoms with Gasteiger partial charge in [0.1, 0.15) is 0 Å². The molecule has 1 heterocycles. The van der Waals surface area contributed by atoms with Gasteiger partial charge in [-0.1, -0.05) is 11.6 Å². The van der Waals surface area contributed by atoms with Crippen LogP contribution in [0.2, 0.25) is 5.02 Å². The number of nitrogens with zero attached hydrogens (tertiary/aromatic N) is 1. The maximum Gasteiger partial charge on any atom is 0.178 e. The Labute approximate surface area is 109 Å². The summed E-state index contributed by atoms with van der Waals surface area (Å²) in [6.45, 7) is 2.17. The van der Waals surface area contributed by atoms with Gasteiger partial charge >= 0.3 is 0 Å². The molecule has 2 rings (SSSR count). The molecule has 16 heavy (non-hydrogen) atoms. The molecule has 0 radical (unpaired) electrons. The predicted octanol–water partition coefficient (Wildman–Crippen LogP) is 4.28. The lowest BCUT2D eigenvalue weighted by atomic mass is 10.3. The SMILES string of the molecule is CSCC(C)n1c(=S)[nH]c2cc(Cl)ccc21. The number of hydrogen-bond acceptors (Lipinski definition) is 2. The van der Waals surface area contributed by atoms with E-state index >= 15 is 0 Å². The molecule has 2 aromatic rings. The minimum Gasteiger partial charge on any atom is -0.331 e. The van der Waals surface area contributed by atoms with Crippen LogP contribution in [0.3, 0.4) is 0 Å². The Hall–Kier alpha value is -0.450. The Bertz CT molecular complexity index is 559. The first kappa shape index (κ1) is 12.0. The number of benzene rings is 1. The van der Waals surface area contributed by atoms with Crippen LogP contribution in [0.5, 0.6) is 0 Å². The van der Waals surface area contributed by atoms with Crippen LogP contribution in [0.1, 0.15) is 13.0 Å². The van der Waals surface area contributed by atoms with Crippen molar-refractivity contribution in [2.24, 2.45) is 0 Å². The van der Waals surface area contributed by atoms with Crippen LogP contribution in [0, 0.1) is 4.77 Å². The minimum absolute atomic E-state index is 0.387. The zero-order valence-corrected chi connectivity index (χ0v) is 11.5. The van der Waals surface area contributed by atoms with Crippen molar-refractivity contribution >= 4 is 46.6 Å². The van der Waals surface area contributed by atoms with E-state index in [2.05, 4.69) is 22.7 Å². The molecule has 0 aliphatic rings. The first-order valence-corrected chi connectivity index (χ1v) is 7.20. The average Bonchev–Trinajstić information content (AvgIpc) is 2.53. The lowest BCUT2D eigenvalue weighted by molar-refractivity contribution is 0.620. The standard InChI is InChI=1S/C11H13ClN2S2/c1-7(6-16-2)14-10-4-3-8(12)5-9(10)13-11(14)15/h3-5,7H,6H2,1-2H3,(H,13,15). The topological polar surface area (TPSA) is 20.7 Å². The first-order valence-electron chi connectivity index (χ1n) is 5.02. The molecule has 1 aromatic carbocycles. The van der Waals surface area contributed by atoms with Crippen molar-refractivity contribution in [2.45, 2.75) is 13.0 Å². The Morgan fingerprint density at radius 1 is 1.56 bits per heavy atom. The van der Waals surface area contributed by atoms with Crippen LogP contribution >= 0.6 is 35.6 Å². The van der Waals surface area contributed by atoms with Gasteiger partial charge in [-0.25, -0.2) is 0 Å². The third kappa shape index (κ3) is 2.14. The summed E-state index contributed by atoms with van der Waals surface area (Å²) < 4.78 is 2.91. The van der Waals surface area contributed by atoms with Gasteiger partial charge in [0.05, 0.1) is 11.0 Å². The fourth-order valence-electron chi connectivity index (χ4n) is 1.86. The summed E-state index contributed by atoms with van der Waals surface area (Å²) in [5.41, 5.74) is 2.13. The highest BCUT2D eigenvalue weighted by Crippen LogP contribution is 2.23. The smallest absolute Gasteiger partial charge is 0.178 e. The van der Waals surface area contributed by atoms with Gasteiger partial charge in [-0.05, 0) is 43.6 Å². The van der Waals surface area contributed by atoms with Gasteiger partial charge in [0.2, 0.25) is 0 Å². The van der Waals surface area contributed by atoms with Gasteiger partial charge in [-0.3, -0.25) is 0 Å². The molecule has 0 aliphatic carbocycles. The van der Waals surface area contributed by atoms with Crippen molar-refractivity contribution in [3.8, 4) is 0 Å². The second kappa shape index (κ2) is 4.82. The highest BCUT2D eigenvalue weighted by atomic mass is 35.5. The monoisotopic (exact) mass is 272 g/mol. The molecule has 2 nitrogen and oxygen atoms in total. The zero-order valence-electron chi connectivity index (χ0n) is 9.16. The summed E-state index contributed by atoms with van der Waals surface area (Å²) in [6.07, 6.45) is 2.10. The van der Waals surface area contributed by atoms with E-state index in [1.165, 1.54) is 0 Å². The Kier molecular flexibility index (Phi) is 3.62. The van der Waals surface area contributed by atoms with Crippen LogP contribution in [0.4, 0.5) is 0 Å². The van der Waals surface area contributed by atoms with E-state index in [-0.39, 0.29) is 0 Å². The number of hydrogen-bond donors (Lipinski definition) is 1. The molecule has 0 saturated carbocycles. The van der Waals surface area contributed by atoms with Crippen molar-refractivity contribution in [1.82, 2.24) is 9.55 Å². The van der Waals surface area contributed by atoms with E-state index in [4.69, 9.17) is 23.8 Å². The number of aromatic amines is 1. The number of rotatable bonds is 3. The van der Waals surface area contributed by atoms with Crippen molar-refractivity contribution in [1.29, 1.82) is 0 Å². The predicted molar refractivity (Wildman–Crippen MR) is 75.2 cm³/mol. The fourth-order valence-corrected chi connectivity index (χ4v) is 3.05. The molecular formula is C11H13ClN2S2. The molecule has 0 spiro atoms. The lowest BCUT2D eigenvalue weighted by Crippen LogP contribution is -2.07. The quantitative estimate of drug-likeness (QED) is 0.842. The summed E-state index contributed by atoms with van der Waals surface area (Å²) >= 11 is 13.1. The second-order valence-corrected chi connectivity index (χ2v) is 5.50. The molecule has 0 saturated heterocycles. The Morgan fingerprint density at radius 2 is 2.31 bits per heavy atom. The van der Waals surface area contributed by atoms with Crippen molar-refractivity contribution < 1.29 is 0 Å². The number of nitrogens with one attached hydrogen (secondary N) is 1. The molecule has 1 N–H and O–H groups in total. The number of fused-ring (bicyclic) bond motifs is 1. The van der Waals surface area contributed by atoms with Crippen molar-refractivity contribution in [3.63, 3.8) is 0 Å². The second-order valence-electron chi connectivity index (χ2n) is 3.77. The fraction of sp³-hybridized carbons (Fsp3) is 0.364. The van der Waals surface area contributed by atoms with Crippen molar-refractivity contribution in [2.75, 3.05) is 12.0 Å². The van der Waals surface area contributed by atoms with Gasteiger partial charge in [-0.2, -0.15) is 11.8 Å². The van der Waals surface area contributed by atoms with E-state index in [1.54, 1.807) is 0 Å². The zero-order chi connectivity index (χ0) is 11.7. The summed E-state index contributed by atoms with van der Waals surface area (Å²) in [6, 6.07) is 6.21. The summed E-state index contributed by atoms with van der Waals surface area (Å²) in [5, 5.41) is 0.730. The Balaban J connectivity index is 2.60. The molecule has 0 aliphatic heterocycles. The van der Waals surface area contributed by atoms with Gasteiger partial charge in [-0.15, -0.1) is 0 Å². The summed E-state index contributed by atoms with van der Waals surface area (Å²) in [7, 11) is 0. The average molecular weight is 273 g/mol. The molecule has 1 unspecified atom stereocenters. The van der Waals surface area contributed by atoms with Gasteiger partial charge < -0.3 is 9.55 Å². The number of imidazole rings is 1. The van der Waals surface area contributed by atoms with Crippen LogP contribution in [0.15, 0.2) is 18.2 Å². The summed E-state index contributed by atoms with van der Waals surface area (Å²) in [5.74, 6) is 1.05. The molecule has 1 aromatic heterocycles. The lowest BCUT2D eigenvalue weighted by Gasteiger charge is -2.12. The van der Waals surface area contributed by atoms with E-state index < -0.39 is 0 Å². The van der Waals surface area contributed by atoms with Crippen molar-refractivity contribution in [3.05, 3.63) is 28.0 Å². The van der Waals surface area contributed by atoms with E-state index in [1.807, 2.05) is 30.0 Å². The molecule has 0 amide bonds. The first-order chi connectivity index (χ1) is 7.63. The number of aromatic nitrogens is 2. The van der Waals surface area contributed by atoms with E-state index in [0.717, 1.165) is 26.6 Å². The molecule has 0 bridgehead atoms. The van der Waals surface area contributed by atoms with Crippen LogP contribution in [-0.2, 0) is 0 Å². The van der Waals surface area contributed by atoms with E-state index in [0.29, 0.717) is 6.04 Å². The number of H-pyrrole nitrogens is 1. The number of thioether (sulfide) groups is 1. The highest BCUT2D eigenvalue weighted by molar-refractivity contribution is 7.98. The molecular weight excluding hydrogens is 260 g/mol. The molecule has 86 valence electrons. The normalized spacial score (nSPS) is 13.2. The third-order valence-electron chi connectivity index (χ3n) is 2.53. The maximum absolute atomic E-state index is 5.95.